The van der Waals surface area contributed by atoms with Crippen LogP contribution in [0.25, 0.3) is 11.1 Å². The molecule has 2 aliphatic rings. The van der Waals surface area contributed by atoms with E-state index in [1.54, 1.807) is 42.3 Å². The summed E-state index contributed by atoms with van der Waals surface area (Å²) in [4.78, 5) is 21.5. The summed E-state index contributed by atoms with van der Waals surface area (Å²) in [6, 6.07) is 15.7. The average Bonchev–Trinajstić information content (AvgIpc) is 3.34. The maximum atomic E-state index is 14.7. The molecule has 0 radical (unpaired) electrons. The number of carbonyl (C=O) groups excluding carboxylic acids is 1. The number of urea groups is 1. The standard InChI is InChI=1S/C26H26F2N4O/c1-17-19-8-4-3-7-18(19)15-32(17)25(33)30-23-21(20-9-5-6-10-22(20)27)11-13-29-24(23)31-14-12-26(2,28)16-31/h3-11,13,17H,12,14-16H2,1-2H3,(H,30,33). The predicted molar refractivity (Wildman–Crippen MR) is 125 cm³/mol. The van der Waals surface area contributed by atoms with Crippen molar-refractivity contribution in [1.29, 1.82) is 0 Å². The summed E-state index contributed by atoms with van der Waals surface area (Å²) in [5.74, 6) is 0.0543. The van der Waals surface area contributed by atoms with Crippen molar-refractivity contribution in [2.75, 3.05) is 23.3 Å². The van der Waals surface area contributed by atoms with Crippen LogP contribution in [0.3, 0.4) is 0 Å². The molecule has 0 bridgehead atoms. The molecule has 1 N–H and O–H groups in total. The Morgan fingerprint density at radius 1 is 1.12 bits per heavy atom. The van der Waals surface area contributed by atoms with Crippen LogP contribution in [-0.2, 0) is 6.54 Å². The van der Waals surface area contributed by atoms with Crippen molar-refractivity contribution in [1.82, 2.24) is 9.88 Å². The molecule has 7 heteroatoms. The van der Waals surface area contributed by atoms with Crippen LogP contribution < -0.4 is 10.2 Å². The van der Waals surface area contributed by atoms with Crippen LogP contribution in [0, 0.1) is 5.82 Å². The largest absolute Gasteiger partial charge is 0.352 e. The van der Waals surface area contributed by atoms with Crippen LogP contribution in [0.2, 0.25) is 0 Å². The number of alkyl halides is 1. The maximum Gasteiger partial charge on any atom is 0.322 e. The molecule has 5 rings (SSSR count). The van der Waals surface area contributed by atoms with E-state index < -0.39 is 11.5 Å². The Hall–Kier alpha value is -3.48. The highest BCUT2D eigenvalue weighted by Gasteiger charge is 2.37. The van der Waals surface area contributed by atoms with Gasteiger partial charge in [-0.2, -0.15) is 0 Å². The van der Waals surface area contributed by atoms with E-state index in [2.05, 4.69) is 10.3 Å². The Morgan fingerprint density at radius 3 is 2.61 bits per heavy atom. The minimum Gasteiger partial charge on any atom is -0.352 e. The molecule has 2 atom stereocenters. The number of hydrogen-bond donors (Lipinski definition) is 1. The van der Waals surface area contributed by atoms with Gasteiger partial charge in [-0.1, -0.05) is 42.5 Å². The number of nitrogens with zero attached hydrogens (tertiary/aromatic N) is 3. The molecule has 2 unspecified atom stereocenters. The molecule has 2 amide bonds. The first kappa shape index (κ1) is 21.4. The molecule has 1 fully saturated rings. The average molecular weight is 449 g/mol. The zero-order valence-electron chi connectivity index (χ0n) is 18.7. The lowest BCUT2D eigenvalue weighted by molar-refractivity contribution is 0.199. The summed E-state index contributed by atoms with van der Waals surface area (Å²) < 4.78 is 29.4. The van der Waals surface area contributed by atoms with Gasteiger partial charge in [-0.3, -0.25) is 0 Å². The topological polar surface area (TPSA) is 48.5 Å². The predicted octanol–water partition coefficient (Wildman–Crippen LogP) is 5.93. The lowest BCUT2D eigenvalue weighted by atomic mass is 10.0. The van der Waals surface area contributed by atoms with E-state index in [1.165, 1.54) is 6.07 Å². The van der Waals surface area contributed by atoms with Crippen molar-refractivity contribution < 1.29 is 13.6 Å². The van der Waals surface area contributed by atoms with Gasteiger partial charge in [-0.15, -0.1) is 0 Å². The first-order chi connectivity index (χ1) is 15.8. The summed E-state index contributed by atoms with van der Waals surface area (Å²) in [6.07, 6.45) is 1.94. The molecule has 170 valence electrons. The smallest absolute Gasteiger partial charge is 0.322 e. The molecule has 3 heterocycles. The van der Waals surface area contributed by atoms with Gasteiger partial charge in [0.05, 0.1) is 18.3 Å². The molecule has 0 spiro atoms. The van der Waals surface area contributed by atoms with Gasteiger partial charge in [0, 0.05) is 36.8 Å². The summed E-state index contributed by atoms with van der Waals surface area (Å²) in [5, 5.41) is 3.01. The molecule has 0 aliphatic carbocycles. The maximum absolute atomic E-state index is 14.7. The van der Waals surface area contributed by atoms with Crippen molar-refractivity contribution in [3.8, 4) is 11.1 Å². The fourth-order valence-electron chi connectivity index (χ4n) is 4.82. The number of rotatable bonds is 3. The SMILES string of the molecule is CC1c2ccccc2CN1C(=O)Nc1c(-c2ccccc2F)ccnc1N1CCC(C)(F)C1. The number of aromatic nitrogens is 1. The van der Waals surface area contributed by atoms with Gasteiger partial charge in [-0.25, -0.2) is 18.6 Å². The normalized spacial score (nSPS) is 21.9. The van der Waals surface area contributed by atoms with Crippen LogP contribution in [0.1, 0.15) is 37.4 Å². The van der Waals surface area contributed by atoms with Crippen molar-refractivity contribution in [3.63, 3.8) is 0 Å². The van der Waals surface area contributed by atoms with Crippen LogP contribution in [-0.4, -0.2) is 34.7 Å². The Balaban J connectivity index is 1.54. The van der Waals surface area contributed by atoms with E-state index >= 15 is 0 Å². The quantitative estimate of drug-likeness (QED) is 0.540. The second-order valence-corrected chi connectivity index (χ2v) is 9.05. The monoisotopic (exact) mass is 448 g/mol. The van der Waals surface area contributed by atoms with E-state index in [0.29, 0.717) is 42.1 Å². The zero-order valence-corrected chi connectivity index (χ0v) is 18.7. The van der Waals surface area contributed by atoms with Gasteiger partial charge < -0.3 is 15.1 Å². The molecule has 1 saturated heterocycles. The van der Waals surface area contributed by atoms with Crippen LogP contribution >= 0.6 is 0 Å². The lowest BCUT2D eigenvalue weighted by Gasteiger charge is -2.27. The van der Waals surface area contributed by atoms with Gasteiger partial charge in [0.15, 0.2) is 5.82 Å². The second-order valence-electron chi connectivity index (χ2n) is 9.05. The first-order valence-corrected chi connectivity index (χ1v) is 11.2. The number of anilines is 2. The summed E-state index contributed by atoms with van der Waals surface area (Å²) in [5.41, 5.74) is 2.14. The van der Waals surface area contributed by atoms with Crippen LogP contribution in [0.15, 0.2) is 60.8 Å². The van der Waals surface area contributed by atoms with Gasteiger partial charge in [0.25, 0.3) is 0 Å². The lowest BCUT2D eigenvalue weighted by Crippen LogP contribution is -2.34. The van der Waals surface area contributed by atoms with Gasteiger partial charge >= 0.3 is 6.03 Å². The third kappa shape index (κ3) is 3.92. The number of hydrogen-bond acceptors (Lipinski definition) is 3. The molecule has 2 aromatic carbocycles. The first-order valence-electron chi connectivity index (χ1n) is 11.2. The molecule has 5 nitrogen and oxygen atoms in total. The number of benzene rings is 2. The Morgan fingerprint density at radius 2 is 1.88 bits per heavy atom. The third-order valence-electron chi connectivity index (χ3n) is 6.62. The minimum atomic E-state index is -1.35. The van der Waals surface area contributed by atoms with E-state index in [-0.39, 0.29) is 18.6 Å². The summed E-state index contributed by atoms with van der Waals surface area (Å²) in [6.45, 7) is 4.67. The highest BCUT2D eigenvalue weighted by molar-refractivity contribution is 5.99. The van der Waals surface area contributed by atoms with E-state index in [4.69, 9.17) is 0 Å². The van der Waals surface area contributed by atoms with E-state index in [1.807, 2.05) is 36.1 Å². The molecule has 1 aromatic heterocycles. The van der Waals surface area contributed by atoms with Crippen LogP contribution in [0.4, 0.5) is 25.1 Å². The number of pyridine rings is 1. The third-order valence-corrected chi connectivity index (χ3v) is 6.62. The highest BCUT2D eigenvalue weighted by atomic mass is 19.1. The Labute approximate surface area is 192 Å². The summed E-state index contributed by atoms with van der Waals surface area (Å²) in [7, 11) is 0. The van der Waals surface area contributed by atoms with Crippen LogP contribution in [0.5, 0.6) is 0 Å². The zero-order chi connectivity index (χ0) is 23.2. The van der Waals surface area contributed by atoms with Gasteiger partial charge in [0.2, 0.25) is 0 Å². The molecule has 3 aromatic rings. The Kier molecular flexibility index (Phi) is 5.27. The molecule has 2 aliphatic heterocycles. The highest BCUT2D eigenvalue weighted by Crippen LogP contribution is 2.40. The van der Waals surface area contributed by atoms with Crippen molar-refractivity contribution >= 4 is 17.5 Å². The fourth-order valence-corrected chi connectivity index (χ4v) is 4.82. The molecule has 33 heavy (non-hydrogen) atoms. The Bertz CT molecular complexity index is 1210. The van der Waals surface area contributed by atoms with Gasteiger partial charge in [-0.05, 0) is 37.1 Å². The number of carbonyl (C=O) groups is 1. The second kappa shape index (κ2) is 8.14. The minimum absolute atomic E-state index is 0.0980. The molecular formula is C26H26F2N4O. The molecular weight excluding hydrogens is 422 g/mol. The van der Waals surface area contributed by atoms with E-state index in [0.717, 1.165) is 11.1 Å². The number of amides is 2. The van der Waals surface area contributed by atoms with Crippen molar-refractivity contribution in [3.05, 3.63) is 77.7 Å². The number of nitrogens with one attached hydrogen (secondary N) is 1. The fraction of sp³-hybridized carbons (Fsp3) is 0.308. The molecule has 0 saturated carbocycles. The number of halogens is 2. The number of fused-ring (bicyclic) bond motifs is 1. The summed E-state index contributed by atoms with van der Waals surface area (Å²) >= 11 is 0. The van der Waals surface area contributed by atoms with Crippen molar-refractivity contribution in [2.45, 2.75) is 38.5 Å². The van der Waals surface area contributed by atoms with Gasteiger partial charge in [0.1, 0.15) is 11.5 Å². The van der Waals surface area contributed by atoms with E-state index in [9.17, 15) is 13.6 Å². The van der Waals surface area contributed by atoms with Crippen molar-refractivity contribution in [2.24, 2.45) is 0 Å².